The van der Waals surface area contributed by atoms with Crippen LogP contribution in [0.5, 0.6) is 11.8 Å². The van der Waals surface area contributed by atoms with Gasteiger partial charge < -0.3 is 19.3 Å². The molecule has 2 aromatic heterocycles. The summed E-state index contributed by atoms with van der Waals surface area (Å²) in [5.74, 6) is -0.802. The fraction of sp³-hybridized carbons (Fsp3) is 0.0667. The number of benzene rings is 4. The van der Waals surface area contributed by atoms with Gasteiger partial charge in [0.25, 0.3) is 0 Å². The van der Waals surface area contributed by atoms with Crippen LogP contribution in [0.25, 0.3) is 21.8 Å². The zero-order valence-corrected chi connectivity index (χ0v) is 20.6. The average Bonchev–Trinajstić information content (AvgIpc) is 3.38. The fourth-order valence-electron chi connectivity index (χ4n) is 4.60. The van der Waals surface area contributed by atoms with Crippen LogP contribution in [-0.4, -0.2) is 19.3 Å². The molecule has 0 aliphatic rings. The van der Waals surface area contributed by atoms with E-state index in [9.17, 15) is 24.4 Å². The third kappa shape index (κ3) is 4.97. The number of hydrogen-bond acceptors (Lipinski definition) is 6. The Bertz CT molecular complexity index is 1780. The van der Waals surface area contributed by atoms with Gasteiger partial charge in [-0.2, -0.15) is 0 Å². The van der Waals surface area contributed by atoms with Crippen LogP contribution in [0.2, 0.25) is 0 Å². The van der Waals surface area contributed by atoms with Crippen molar-refractivity contribution < 1.29 is 14.6 Å². The first-order chi connectivity index (χ1) is 19.0. The normalized spacial score (nSPS) is 10.8. The quantitative estimate of drug-likeness (QED) is 0.218. The standard InChI is InChI=1S/C15H11FN2O2.C15H12N2O2/c16-11-6-7-13-12(8-11)14(17-20)15(19)18(13)9-10-4-2-1-3-5-10;18-15-14(16-19)12-8-4-5-9-13(12)17(15)10-11-6-2-1-3-7-11/h1-8,19H,9H2;1-9,18H,10H2. The van der Waals surface area contributed by atoms with Gasteiger partial charge in [0.15, 0.2) is 11.4 Å². The third-order valence-corrected chi connectivity index (χ3v) is 6.44. The van der Waals surface area contributed by atoms with Gasteiger partial charge in [-0.15, -0.1) is 9.81 Å². The summed E-state index contributed by atoms with van der Waals surface area (Å²) in [5.41, 5.74) is 3.36. The van der Waals surface area contributed by atoms with Crippen molar-refractivity contribution in [3.8, 4) is 11.8 Å². The Labute approximate surface area is 222 Å². The highest BCUT2D eigenvalue weighted by Gasteiger charge is 2.18. The van der Waals surface area contributed by atoms with Crippen molar-refractivity contribution in [3.05, 3.63) is 130 Å². The molecule has 0 spiro atoms. The number of aromatic nitrogens is 2. The first-order valence-electron chi connectivity index (χ1n) is 12.1. The average molecular weight is 523 g/mol. The van der Waals surface area contributed by atoms with E-state index in [-0.39, 0.29) is 23.1 Å². The lowest BCUT2D eigenvalue weighted by molar-refractivity contribution is 0.429. The van der Waals surface area contributed by atoms with E-state index < -0.39 is 5.82 Å². The molecule has 0 aliphatic heterocycles. The minimum atomic E-state index is -0.473. The van der Waals surface area contributed by atoms with E-state index in [1.165, 1.54) is 18.2 Å². The molecular formula is C30H23FN4O4. The lowest BCUT2D eigenvalue weighted by Gasteiger charge is -2.06. The van der Waals surface area contributed by atoms with E-state index in [2.05, 4.69) is 10.4 Å². The summed E-state index contributed by atoms with van der Waals surface area (Å²) in [7, 11) is 0. The molecule has 6 rings (SSSR count). The molecule has 4 aromatic carbocycles. The Morgan fingerprint density at radius 3 is 1.59 bits per heavy atom. The molecule has 0 unspecified atom stereocenters. The molecule has 0 fully saturated rings. The van der Waals surface area contributed by atoms with Crippen molar-refractivity contribution in [2.75, 3.05) is 0 Å². The summed E-state index contributed by atoms with van der Waals surface area (Å²) in [4.78, 5) is 21.8. The fourth-order valence-corrected chi connectivity index (χ4v) is 4.60. The molecule has 0 radical (unpaired) electrons. The summed E-state index contributed by atoms with van der Waals surface area (Å²) < 4.78 is 16.5. The lowest BCUT2D eigenvalue weighted by Crippen LogP contribution is -1.98. The number of hydrogen-bond donors (Lipinski definition) is 2. The molecule has 194 valence electrons. The maximum absolute atomic E-state index is 13.3. The van der Waals surface area contributed by atoms with Crippen LogP contribution in [0.4, 0.5) is 15.8 Å². The SMILES string of the molecule is O=Nc1c(O)n(Cc2ccccc2)c2ccc(F)cc12.O=Nc1c(O)n(Cc2ccccc2)c2ccccc12. The molecule has 0 amide bonds. The van der Waals surface area contributed by atoms with Gasteiger partial charge in [-0.3, -0.25) is 0 Å². The second kappa shape index (κ2) is 11.0. The number of rotatable bonds is 6. The number of aromatic hydroxyl groups is 2. The first-order valence-corrected chi connectivity index (χ1v) is 12.1. The van der Waals surface area contributed by atoms with Crippen LogP contribution < -0.4 is 0 Å². The predicted molar refractivity (Wildman–Crippen MR) is 149 cm³/mol. The Morgan fingerprint density at radius 1 is 0.590 bits per heavy atom. The van der Waals surface area contributed by atoms with Crippen LogP contribution >= 0.6 is 0 Å². The van der Waals surface area contributed by atoms with E-state index in [0.717, 1.165) is 16.6 Å². The van der Waals surface area contributed by atoms with Crippen LogP contribution in [-0.2, 0) is 13.1 Å². The van der Waals surface area contributed by atoms with Crippen molar-refractivity contribution in [1.29, 1.82) is 0 Å². The highest BCUT2D eigenvalue weighted by atomic mass is 19.1. The molecule has 0 saturated heterocycles. The Kier molecular flexibility index (Phi) is 7.13. The van der Waals surface area contributed by atoms with E-state index in [1.807, 2.05) is 78.9 Å². The Morgan fingerprint density at radius 2 is 1.05 bits per heavy atom. The van der Waals surface area contributed by atoms with Crippen molar-refractivity contribution in [2.45, 2.75) is 13.1 Å². The maximum Gasteiger partial charge on any atom is 0.222 e. The Hall–Kier alpha value is -5.31. The smallest absolute Gasteiger partial charge is 0.222 e. The highest BCUT2D eigenvalue weighted by molar-refractivity contribution is 5.96. The lowest BCUT2D eigenvalue weighted by atomic mass is 10.2. The predicted octanol–water partition coefficient (Wildman–Crippen LogP) is 7.73. The van der Waals surface area contributed by atoms with Gasteiger partial charge in [-0.25, -0.2) is 4.39 Å². The summed E-state index contributed by atoms with van der Waals surface area (Å²) >= 11 is 0. The van der Waals surface area contributed by atoms with Crippen LogP contribution in [0, 0.1) is 15.6 Å². The molecule has 6 aromatic rings. The van der Waals surface area contributed by atoms with Crippen LogP contribution in [0.3, 0.4) is 0 Å². The van der Waals surface area contributed by atoms with Gasteiger partial charge in [0, 0.05) is 10.8 Å². The van der Waals surface area contributed by atoms with Gasteiger partial charge in [-0.05, 0) is 45.7 Å². The van der Waals surface area contributed by atoms with Crippen LogP contribution in [0.1, 0.15) is 11.1 Å². The summed E-state index contributed by atoms with van der Waals surface area (Å²) in [6.45, 7) is 0.882. The molecule has 2 N–H and O–H groups in total. The molecule has 0 atom stereocenters. The van der Waals surface area contributed by atoms with Gasteiger partial charge in [-0.1, -0.05) is 78.9 Å². The van der Waals surface area contributed by atoms with Gasteiger partial charge in [0.1, 0.15) is 5.82 Å². The molecular weight excluding hydrogens is 499 g/mol. The maximum atomic E-state index is 13.3. The monoisotopic (exact) mass is 522 g/mol. The zero-order valence-electron chi connectivity index (χ0n) is 20.6. The van der Waals surface area contributed by atoms with Crippen molar-refractivity contribution >= 4 is 33.2 Å². The largest absolute Gasteiger partial charge is 0.493 e. The van der Waals surface area contributed by atoms with Gasteiger partial charge in [0.05, 0.1) is 24.1 Å². The second-order valence-electron chi connectivity index (χ2n) is 8.85. The molecule has 9 heteroatoms. The topological polar surface area (TPSA) is 109 Å². The second-order valence-corrected chi connectivity index (χ2v) is 8.85. The summed E-state index contributed by atoms with van der Waals surface area (Å²) in [5, 5.41) is 27.0. The molecule has 0 saturated carbocycles. The number of nitrogens with zero attached hydrogens (tertiary/aromatic N) is 4. The number of fused-ring (bicyclic) bond motifs is 2. The van der Waals surface area contributed by atoms with Crippen molar-refractivity contribution in [1.82, 2.24) is 9.13 Å². The molecule has 0 aliphatic carbocycles. The first kappa shape index (κ1) is 25.3. The summed E-state index contributed by atoms with van der Waals surface area (Å²) in [6.07, 6.45) is 0. The van der Waals surface area contributed by atoms with E-state index in [4.69, 9.17) is 0 Å². The minimum absolute atomic E-state index is 0.0833. The minimum Gasteiger partial charge on any atom is -0.493 e. The van der Waals surface area contributed by atoms with Gasteiger partial charge >= 0.3 is 0 Å². The van der Waals surface area contributed by atoms with Crippen molar-refractivity contribution in [3.63, 3.8) is 0 Å². The number of para-hydroxylation sites is 1. The van der Waals surface area contributed by atoms with E-state index in [1.54, 1.807) is 15.2 Å². The third-order valence-electron chi connectivity index (χ3n) is 6.44. The molecule has 0 bridgehead atoms. The van der Waals surface area contributed by atoms with E-state index >= 15 is 0 Å². The van der Waals surface area contributed by atoms with Crippen molar-refractivity contribution in [2.24, 2.45) is 10.4 Å². The van der Waals surface area contributed by atoms with Gasteiger partial charge in [0.2, 0.25) is 11.8 Å². The summed E-state index contributed by atoms with van der Waals surface area (Å²) in [6, 6.07) is 30.6. The highest BCUT2D eigenvalue weighted by Crippen LogP contribution is 2.40. The Balaban J connectivity index is 0.000000158. The molecule has 2 heterocycles. The number of nitroso groups, excluding NO2 is 2. The van der Waals surface area contributed by atoms with E-state index in [0.29, 0.717) is 29.4 Å². The zero-order chi connectivity index (χ0) is 27.4. The number of halogens is 1. The molecule has 8 nitrogen and oxygen atoms in total. The van der Waals surface area contributed by atoms with Crippen LogP contribution in [0.15, 0.2) is 113 Å². The molecule has 39 heavy (non-hydrogen) atoms.